The highest BCUT2D eigenvalue weighted by molar-refractivity contribution is 4.97. The zero-order valence-electron chi connectivity index (χ0n) is 10.9. The molecule has 2 aliphatic rings. The van der Waals surface area contributed by atoms with Crippen LogP contribution in [0.4, 0.5) is 0 Å². The van der Waals surface area contributed by atoms with Crippen molar-refractivity contribution in [3.8, 4) is 0 Å². The average molecular weight is 224 g/mol. The maximum Gasteiger partial charge on any atom is 0.0179 e. The third kappa shape index (κ3) is 2.43. The van der Waals surface area contributed by atoms with Gasteiger partial charge in [-0.05, 0) is 50.5 Å². The fraction of sp³-hybridized carbons (Fsp3) is 1.00. The van der Waals surface area contributed by atoms with E-state index in [2.05, 4.69) is 12.2 Å². The van der Waals surface area contributed by atoms with Crippen LogP contribution in [0.25, 0.3) is 0 Å². The first-order valence-electron chi connectivity index (χ1n) is 7.19. The van der Waals surface area contributed by atoms with Crippen LogP contribution in [0.3, 0.4) is 0 Å². The molecule has 0 unspecified atom stereocenters. The first kappa shape index (κ1) is 12.4. The Labute approximate surface area is 100 Å². The average Bonchev–Trinajstić information content (AvgIpc) is 2.29. The van der Waals surface area contributed by atoms with Gasteiger partial charge in [-0.25, -0.2) is 0 Å². The van der Waals surface area contributed by atoms with Crippen molar-refractivity contribution in [1.29, 1.82) is 0 Å². The van der Waals surface area contributed by atoms with Crippen LogP contribution in [-0.4, -0.2) is 18.6 Å². The van der Waals surface area contributed by atoms with Crippen LogP contribution in [0.1, 0.15) is 64.7 Å². The predicted octanol–water partition coefficient (Wildman–Crippen LogP) is 2.82. The molecule has 2 heteroatoms. The molecule has 3 N–H and O–H groups in total. The molecule has 0 radical (unpaired) electrons. The number of hydrogen-bond donors (Lipinski definition) is 2. The quantitative estimate of drug-likeness (QED) is 0.753. The molecule has 0 bridgehead atoms. The molecular weight excluding hydrogens is 196 g/mol. The van der Waals surface area contributed by atoms with Crippen LogP contribution in [-0.2, 0) is 0 Å². The van der Waals surface area contributed by atoms with E-state index in [-0.39, 0.29) is 0 Å². The molecule has 2 rings (SSSR count). The van der Waals surface area contributed by atoms with Crippen LogP contribution < -0.4 is 11.1 Å². The maximum absolute atomic E-state index is 6.03. The molecule has 2 aliphatic carbocycles. The Morgan fingerprint density at radius 2 is 1.69 bits per heavy atom. The Hall–Kier alpha value is -0.0800. The molecule has 2 nitrogen and oxygen atoms in total. The van der Waals surface area contributed by atoms with Crippen LogP contribution in [0.2, 0.25) is 0 Å². The summed E-state index contributed by atoms with van der Waals surface area (Å²) in [6.07, 6.45) is 12.3. The summed E-state index contributed by atoms with van der Waals surface area (Å²) in [6.45, 7) is 4.36. The van der Waals surface area contributed by atoms with Gasteiger partial charge in [-0.1, -0.05) is 26.2 Å². The lowest BCUT2D eigenvalue weighted by molar-refractivity contribution is 0.119. The highest BCUT2D eigenvalue weighted by Crippen LogP contribution is 2.38. The highest BCUT2D eigenvalue weighted by Gasteiger charge is 2.38. The van der Waals surface area contributed by atoms with Crippen molar-refractivity contribution < 1.29 is 0 Å². The van der Waals surface area contributed by atoms with Crippen molar-refractivity contribution >= 4 is 0 Å². The van der Waals surface area contributed by atoms with E-state index in [0.29, 0.717) is 11.0 Å². The van der Waals surface area contributed by atoms with Gasteiger partial charge in [0.15, 0.2) is 0 Å². The monoisotopic (exact) mass is 224 g/mol. The molecule has 0 amide bonds. The second-order valence-electron chi connectivity index (χ2n) is 6.11. The van der Waals surface area contributed by atoms with Crippen molar-refractivity contribution in [2.45, 2.75) is 70.3 Å². The summed E-state index contributed by atoms with van der Waals surface area (Å²) >= 11 is 0. The number of nitrogens with one attached hydrogen (secondary N) is 1. The van der Waals surface area contributed by atoms with E-state index < -0.39 is 0 Å². The number of nitrogens with two attached hydrogens (primary N) is 1. The Morgan fingerprint density at radius 3 is 2.12 bits per heavy atom. The zero-order valence-corrected chi connectivity index (χ0v) is 10.9. The van der Waals surface area contributed by atoms with Gasteiger partial charge < -0.3 is 11.1 Å². The zero-order chi connectivity index (χ0) is 11.5. The van der Waals surface area contributed by atoms with Gasteiger partial charge in [0.1, 0.15) is 0 Å². The van der Waals surface area contributed by atoms with Gasteiger partial charge in [-0.3, -0.25) is 0 Å². The van der Waals surface area contributed by atoms with E-state index >= 15 is 0 Å². The fourth-order valence-electron chi connectivity index (χ4n) is 3.39. The van der Waals surface area contributed by atoms with E-state index in [1.165, 1.54) is 57.8 Å². The molecule has 0 saturated heterocycles. The molecule has 0 aliphatic heterocycles. The fourth-order valence-corrected chi connectivity index (χ4v) is 3.39. The van der Waals surface area contributed by atoms with Crippen molar-refractivity contribution in [3.63, 3.8) is 0 Å². The van der Waals surface area contributed by atoms with Gasteiger partial charge in [-0.2, -0.15) is 0 Å². The minimum Gasteiger partial charge on any atom is -0.330 e. The predicted molar refractivity (Wildman–Crippen MR) is 69.4 cm³/mol. The highest BCUT2D eigenvalue weighted by atomic mass is 15.0. The molecule has 2 saturated carbocycles. The first-order valence-corrected chi connectivity index (χ1v) is 7.19. The van der Waals surface area contributed by atoms with E-state index in [0.717, 1.165) is 13.1 Å². The summed E-state index contributed by atoms with van der Waals surface area (Å²) < 4.78 is 0. The lowest BCUT2D eigenvalue weighted by Gasteiger charge is -2.46. The normalized spacial score (nSPS) is 27.4. The van der Waals surface area contributed by atoms with E-state index in [4.69, 9.17) is 5.73 Å². The van der Waals surface area contributed by atoms with Crippen molar-refractivity contribution in [1.82, 2.24) is 5.32 Å². The maximum atomic E-state index is 6.03. The third-order valence-electron chi connectivity index (χ3n) is 5.17. The van der Waals surface area contributed by atoms with Gasteiger partial charge in [-0.15, -0.1) is 0 Å². The number of rotatable bonds is 5. The smallest absolute Gasteiger partial charge is 0.0179 e. The summed E-state index contributed by atoms with van der Waals surface area (Å²) in [5.41, 5.74) is 6.94. The Bertz CT molecular complexity index is 209. The molecule has 0 spiro atoms. The SMILES string of the molecule is CCC1(NCC2(CN)CCCCC2)CCC1. The lowest BCUT2D eigenvalue weighted by atomic mass is 9.71. The number of hydrogen-bond acceptors (Lipinski definition) is 2. The van der Waals surface area contributed by atoms with Gasteiger partial charge >= 0.3 is 0 Å². The van der Waals surface area contributed by atoms with Crippen molar-refractivity contribution in [3.05, 3.63) is 0 Å². The molecule has 94 valence electrons. The summed E-state index contributed by atoms with van der Waals surface area (Å²) in [5, 5.41) is 3.86. The minimum absolute atomic E-state index is 0.427. The van der Waals surface area contributed by atoms with Gasteiger partial charge in [0.25, 0.3) is 0 Å². The summed E-state index contributed by atoms with van der Waals surface area (Å²) in [6, 6.07) is 0. The molecule has 0 atom stereocenters. The van der Waals surface area contributed by atoms with E-state index in [1.54, 1.807) is 0 Å². The lowest BCUT2D eigenvalue weighted by Crippen LogP contribution is -2.55. The molecule has 16 heavy (non-hydrogen) atoms. The van der Waals surface area contributed by atoms with Gasteiger partial charge in [0.05, 0.1) is 0 Å². The Kier molecular flexibility index (Phi) is 3.91. The first-order chi connectivity index (χ1) is 7.74. The summed E-state index contributed by atoms with van der Waals surface area (Å²) in [4.78, 5) is 0. The second-order valence-corrected chi connectivity index (χ2v) is 6.11. The summed E-state index contributed by atoms with van der Waals surface area (Å²) in [7, 11) is 0. The molecule has 0 aromatic rings. The summed E-state index contributed by atoms with van der Waals surface area (Å²) in [5.74, 6) is 0. The standard InChI is InChI=1S/C14H28N2/c1-2-14(9-6-10-14)16-12-13(11-15)7-4-3-5-8-13/h16H,2-12,15H2,1H3. The van der Waals surface area contributed by atoms with Crippen molar-refractivity contribution in [2.24, 2.45) is 11.1 Å². The molecule has 0 aromatic heterocycles. The topological polar surface area (TPSA) is 38.0 Å². The van der Waals surface area contributed by atoms with Crippen LogP contribution in [0.15, 0.2) is 0 Å². The van der Waals surface area contributed by atoms with E-state index in [9.17, 15) is 0 Å². The van der Waals surface area contributed by atoms with Crippen LogP contribution in [0.5, 0.6) is 0 Å². The van der Waals surface area contributed by atoms with Crippen LogP contribution >= 0.6 is 0 Å². The molecular formula is C14H28N2. The van der Waals surface area contributed by atoms with Crippen molar-refractivity contribution in [2.75, 3.05) is 13.1 Å². The molecule has 0 heterocycles. The second kappa shape index (κ2) is 5.05. The van der Waals surface area contributed by atoms with Gasteiger partial charge in [0, 0.05) is 12.1 Å². The largest absolute Gasteiger partial charge is 0.330 e. The Morgan fingerprint density at radius 1 is 1.00 bits per heavy atom. The Balaban J connectivity index is 1.86. The molecule has 2 fully saturated rings. The van der Waals surface area contributed by atoms with E-state index in [1.807, 2.05) is 0 Å². The third-order valence-corrected chi connectivity index (χ3v) is 5.17. The van der Waals surface area contributed by atoms with Crippen LogP contribution in [0, 0.1) is 5.41 Å². The molecule has 0 aromatic carbocycles. The van der Waals surface area contributed by atoms with Gasteiger partial charge in [0.2, 0.25) is 0 Å². The minimum atomic E-state index is 0.427.